The van der Waals surface area contributed by atoms with Gasteiger partial charge in [0, 0.05) is 23.9 Å². The number of hydrogen-bond acceptors (Lipinski definition) is 6. The van der Waals surface area contributed by atoms with Crippen molar-refractivity contribution in [1.82, 2.24) is 14.5 Å². The Morgan fingerprint density at radius 1 is 1.25 bits per heavy atom. The van der Waals surface area contributed by atoms with Crippen molar-refractivity contribution in [2.24, 2.45) is 0 Å². The number of hydrogen-bond donors (Lipinski definition) is 2. The first-order valence-electron chi connectivity index (χ1n) is 10.5. The molecule has 0 aliphatic rings. The predicted molar refractivity (Wildman–Crippen MR) is 130 cm³/mol. The third-order valence-corrected chi connectivity index (χ3v) is 6.32. The monoisotopic (exact) mass is 468 g/mol. The van der Waals surface area contributed by atoms with Crippen LogP contribution < -0.4 is 10.9 Å². The summed E-state index contributed by atoms with van der Waals surface area (Å²) in [4.78, 5) is 32.5. The summed E-state index contributed by atoms with van der Waals surface area (Å²) in [6.45, 7) is 4.33. The number of aromatic amines is 1. The number of aryl methyl sites for hydroxylation is 2. The van der Waals surface area contributed by atoms with E-state index in [2.05, 4.69) is 15.3 Å². The molecule has 0 bridgehead atoms. The molecule has 0 unspecified atom stereocenters. The standard InChI is InChI=1S/C23H24N4O3S2/c1-14-12-17(15(2)30-14)19-13-32-22(24-19)26-20(28)10-4-3-7-11-27-21(29)16-8-5-6-9-18(16)25-23(27)31/h5-6,8-9,12-13H,3-4,7,10-11H2,1-2H3,(H,25,31)(H,24,26,28). The van der Waals surface area contributed by atoms with Gasteiger partial charge in [-0.05, 0) is 57.1 Å². The number of aromatic nitrogens is 3. The van der Waals surface area contributed by atoms with Crippen molar-refractivity contribution in [2.75, 3.05) is 5.32 Å². The van der Waals surface area contributed by atoms with E-state index in [9.17, 15) is 9.59 Å². The van der Waals surface area contributed by atoms with Gasteiger partial charge in [-0.15, -0.1) is 11.3 Å². The van der Waals surface area contributed by atoms with Gasteiger partial charge in [-0.3, -0.25) is 14.2 Å². The van der Waals surface area contributed by atoms with Gasteiger partial charge in [0.2, 0.25) is 5.91 Å². The van der Waals surface area contributed by atoms with E-state index in [0.29, 0.717) is 28.3 Å². The van der Waals surface area contributed by atoms with Crippen molar-refractivity contribution in [3.63, 3.8) is 0 Å². The number of carbonyl (C=O) groups excluding carboxylic acids is 1. The average molecular weight is 469 g/mol. The first-order chi connectivity index (χ1) is 15.4. The molecule has 0 radical (unpaired) electrons. The number of benzene rings is 1. The predicted octanol–water partition coefficient (Wildman–Crippen LogP) is 5.59. The van der Waals surface area contributed by atoms with E-state index in [4.69, 9.17) is 16.6 Å². The Bertz CT molecular complexity index is 1380. The van der Waals surface area contributed by atoms with Gasteiger partial charge in [0.15, 0.2) is 9.90 Å². The van der Waals surface area contributed by atoms with Gasteiger partial charge in [-0.1, -0.05) is 18.6 Å². The minimum atomic E-state index is -0.0790. The first kappa shape index (κ1) is 22.2. The minimum Gasteiger partial charge on any atom is -0.466 e. The Kier molecular flexibility index (Phi) is 6.66. The molecule has 0 saturated heterocycles. The fourth-order valence-electron chi connectivity index (χ4n) is 3.66. The molecule has 0 aliphatic heterocycles. The number of H-pyrrole nitrogens is 1. The van der Waals surface area contributed by atoms with Crippen LogP contribution in [0.4, 0.5) is 5.13 Å². The molecule has 1 amide bonds. The summed E-state index contributed by atoms with van der Waals surface area (Å²) < 4.78 is 7.57. The van der Waals surface area contributed by atoms with Crippen molar-refractivity contribution >= 4 is 45.5 Å². The second-order valence-corrected chi connectivity index (χ2v) is 8.90. The molecule has 1 aromatic carbocycles. The topological polar surface area (TPSA) is 92.9 Å². The van der Waals surface area contributed by atoms with Crippen molar-refractivity contribution in [2.45, 2.75) is 46.1 Å². The number of anilines is 1. The van der Waals surface area contributed by atoms with Crippen molar-refractivity contribution < 1.29 is 9.21 Å². The Morgan fingerprint density at radius 2 is 2.06 bits per heavy atom. The van der Waals surface area contributed by atoms with E-state index in [0.717, 1.165) is 47.6 Å². The van der Waals surface area contributed by atoms with E-state index in [-0.39, 0.29) is 11.5 Å². The molecule has 9 heteroatoms. The van der Waals surface area contributed by atoms with Gasteiger partial charge < -0.3 is 14.7 Å². The molecule has 0 atom stereocenters. The molecule has 4 rings (SSSR count). The number of furan rings is 1. The summed E-state index contributed by atoms with van der Waals surface area (Å²) >= 11 is 6.74. The quantitative estimate of drug-likeness (QED) is 0.260. The SMILES string of the molecule is Cc1cc(-c2csc(NC(=O)CCCCCn3c(=S)[nH]c4ccccc4c3=O)n2)c(C)o1. The van der Waals surface area contributed by atoms with E-state index < -0.39 is 0 Å². The van der Waals surface area contributed by atoms with E-state index in [1.807, 2.05) is 43.5 Å². The molecule has 0 fully saturated rings. The zero-order chi connectivity index (χ0) is 22.7. The number of thiazole rings is 1. The molecule has 3 heterocycles. The molecule has 3 aromatic heterocycles. The van der Waals surface area contributed by atoms with Gasteiger partial charge in [-0.25, -0.2) is 4.98 Å². The van der Waals surface area contributed by atoms with Crippen LogP contribution in [0.2, 0.25) is 0 Å². The maximum absolute atomic E-state index is 12.7. The lowest BCUT2D eigenvalue weighted by molar-refractivity contribution is -0.116. The molecular weight excluding hydrogens is 444 g/mol. The molecule has 0 aliphatic carbocycles. The van der Waals surface area contributed by atoms with E-state index in [1.54, 1.807) is 10.6 Å². The maximum atomic E-state index is 12.7. The molecule has 2 N–H and O–H groups in total. The molecule has 166 valence electrons. The number of rotatable bonds is 8. The van der Waals surface area contributed by atoms with Gasteiger partial charge in [0.05, 0.1) is 16.6 Å². The minimum absolute atomic E-state index is 0.0637. The third kappa shape index (κ3) is 4.89. The van der Waals surface area contributed by atoms with Gasteiger partial charge >= 0.3 is 0 Å². The number of unbranched alkanes of at least 4 members (excludes halogenated alkanes) is 2. The van der Waals surface area contributed by atoms with Crippen LogP contribution in [0.1, 0.15) is 37.2 Å². The molecular formula is C23H24N4O3S2. The van der Waals surface area contributed by atoms with Crippen LogP contribution >= 0.6 is 23.6 Å². The highest BCUT2D eigenvalue weighted by Crippen LogP contribution is 2.29. The van der Waals surface area contributed by atoms with Crippen molar-refractivity contribution in [3.05, 3.63) is 62.4 Å². The smallest absolute Gasteiger partial charge is 0.262 e. The highest BCUT2D eigenvalue weighted by Gasteiger charge is 2.13. The summed E-state index contributed by atoms with van der Waals surface area (Å²) in [7, 11) is 0. The first-order valence-corrected chi connectivity index (χ1v) is 11.8. The van der Waals surface area contributed by atoms with E-state index >= 15 is 0 Å². The number of carbonyl (C=O) groups is 1. The zero-order valence-corrected chi connectivity index (χ0v) is 19.6. The van der Waals surface area contributed by atoms with Crippen LogP contribution in [0.3, 0.4) is 0 Å². The second-order valence-electron chi connectivity index (χ2n) is 7.66. The third-order valence-electron chi connectivity index (χ3n) is 5.24. The van der Waals surface area contributed by atoms with Crippen LogP contribution in [0.25, 0.3) is 22.2 Å². The van der Waals surface area contributed by atoms with Crippen molar-refractivity contribution in [1.29, 1.82) is 0 Å². The molecule has 0 saturated carbocycles. The fraction of sp³-hybridized carbons (Fsp3) is 0.304. The van der Waals surface area contributed by atoms with Crippen LogP contribution in [-0.2, 0) is 11.3 Å². The van der Waals surface area contributed by atoms with Crippen LogP contribution in [-0.4, -0.2) is 20.4 Å². The van der Waals surface area contributed by atoms with Gasteiger partial charge in [0.1, 0.15) is 11.5 Å². The highest BCUT2D eigenvalue weighted by molar-refractivity contribution is 7.71. The van der Waals surface area contributed by atoms with Crippen LogP contribution in [0, 0.1) is 18.6 Å². The summed E-state index contributed by atoms with van der Waals surface area (Å²) in [5, 5.41) is 5.99. The summed E-state index contributed by atoms with van der Waals surface area (Å²) in [6.07, 6.45) is 2.71. The number of amides is 1. The van der Waals surface area contributed by atoms with Crippen LogP contribution in [0.5, 0.6) is 0 Å². The molecule has 0 spiro atoms. The Labute approximate surface area is 194 Å². The van der Waals surface area contributed by atoms with Gasteiger partial charge in [0.25, 0.3) is 5.56 Å². The van der Waals surface area contributed by atoms with Crippen LogP contribution in [0.15, 0.2) is 44.9 Å². The second kappa shape index (κ2) is 9.62. The number of nitrogens with zero attached hydrogens (tertiary/aromatic N) is 2. The number of fused-ring (bicyclic) bond motifs is 1. The Hall–Kier alpha value is -3.04. The highest BCUT2D eigenvalue weighted by atomic mass is 32.1. The summed E-state index contributed by atoms with van der Waals surface area (Å²) in [5.74, 6) is 1.59. The fourth-order valence-corrected chi connectivity index (χ4v) is 4.67. The van der Waals surface area contributed by atoms with Gasteiger partial charge in [-0.2, -0.15) is 0 Å². The molecule has 7 nitrogen and oxygen atoms in total. The lowest BCUT2D eigenvalue weighted by atomic mass is 10.2. The normalized spacial score (nSPS) is 11.2. The van der Waals surface area contributed by atoms with Crippen molar-refractivity contribution in [3.8, 4) is 11.3 Å². The van der Waals surface area contributed by atoms with E-state index in [1.165, 1.54) is 11.3 Å². The number of nitrogens with one attached hydrogen (secondary N) is 2. The Balaban J connectivity index is 1.26. The lowest BCUT2D eigenvalue weighted by Gasteiger charge is -2.08. The maximum Gasteiger partial charge on any atom is 0.262 e. The zero-order valence-electron chi connectivity index (χ0n) is 17.9. The molecule has 4 aromatic rings. The number of para-hydroxylation sites is 1. The molecule has 32 heavy (non-hydrogen) atoms. The largest absolute Gasteiger partial charge is 0.466 e. The Morgan fingerprint density at radius 3 is 2.84 bits per heavy atom. The summed E-state index contributed by atoms with van der Waals surface area (Å²) in [6, 6.07) is 9.30. The summed E-state index contributed by atoms with van der Waals surface area (Å²) in [5.41, 5.74) is 2.42. The average Bonchev–Trinajstić information content (AvgIpc) is 3.35. The lowest BCUT2D eigenvalue weighted by Crippen LogP contribution is -2.22.